The molecule has 12 nitrogen and oxygen atoms in total. The van der Waals surface area contributed by atoms with Crippen LogP contribution in [0, 0.1) is 17.3 Å². The summed E-state index contributed by atoms with van der Waals surface area (Å²) in [6.07, 6.45) is 0.180. The van der Waals surface area contributed by atoms with Crippen LogP contribution in [0.5, 0.6) is 5.75 Å². The Balaban J connectivity index is 1.94. The number of phenolic OH excluding ortho intramolecular Hbond substituents is 1. The Hall–Kier alpha value is -3.90. The molecule has 0 bridgehead atoms. The van der Waals surface area contributed by atoms with E-state index in [-0.39, 0.29) is 47.6 Å². The Bertz CT molecular complexity index is 1490. The molecule has 234 valence electrons. The molecule has 3 aliphatic carbocycles. The lowest BCUT2D eigenvalue weighted by Crippen LogP contribution is -2.65. The van der Waals surface area contributed by atoms with Crippen molar-refractivity contribution in [1.82, 2.24) is 9.80 Å². The van der Waals surface area contributed by atoms with Gasteiger partial charge >= 0.3 is 0 Å². The highest BCUT2D eigenvalue weighted by molar-refractivity contribution is 6.24. The smallest absolute Gasteiger partial charge is 0.255 e. The van der Waals surface area contributed by atoms with Gasteiger partial charge < -0.3 is 36.0 Å². The predicted octanol–water partition coefficient (Wildman–Crippen LogP) is 1.42. The zero-order valence-corrected chi connectivity index (χ0v) is 26.0. The van der Waals surface area contributed by atoms with E-state index < -0.39 is 58.0 Å². The summed E-state index contributed by atoms with van der Waals surface area (Å²) in [5.41, 5.74) is 2.94. The molecule has 1 unspecified atom stereocenters. The molecule has 1 fully saturated rings. The Morgan fingerprint density at radius 3 is 2.19 bits per heavy atom. The number of aliphatic hydroxyl groups is 3. The van der Waals surface area contributed by atoms with Crippen molar-refractivity contribution in [2.45, 2.75) is 58.7 Å². The number of carbonyl (C=O) groups excluding carboxylic acids is 4. The first-order chi connectivity index (χ1) is 19.7. The van der Waals surface area contributed by atoms with Crippen LogP contribution >= 0.6 is 0 Å². The van der Waals surface area contributed by atoms with Crippen molar-refractivity contribution < 1.29 is 39.6 Å². The molecule has 0 aromatic heterocycles. The molecular weight excluding hydrogens is 556 g/mol. The zero-order chi connectivity index (χ0) is 32.5. The lowest BCUT2D eigenvalue weighted by atomic mass is 9.57. The van der Waals surface area contributed by atoms with Crippen molar-refractivity contribution >= 4 is 34.8 Å². The molecule has 4 atom stereocenters. The minimum atomic E-state index is -2.71. The van der Waals surface area contributed by atoms with E-state index in [1.807, 2.05) is 25.7 Å². The Morgan fingerprint density at radius 2 is 1.70 bits per heavy atom. The molecule has 0 saturated heterocycles. The van der Waals surface area contributed by atoms with E-state index in [2.05, 4.69) is 0 Å². The Kier molecular flexibility index (Phi) is 7.95. The molecule has 6 N–H and O–H groups in total. The number of Topliss-reactive ketones (excluding diaryl/α,β-unsaturated/α-hetero) is 2. The third-order valence-corrected chi connectivity index (χ3v) is 8.73. The zero-order valence-electron chi connectivity index (χ0n) is 26.0. The number of hydrogen-bond acceptors (Lipinski definition) is 10. The van der Waals surface area contributed by atoms with E-state index in [0.717, 1.165) is 0 Å². The molecule has 2 amide bonds. The van der Waals surface area contributed by atoms with Gasteiger partial charge in [-0.3, -0.25) is 24.1 Å². The monoisotopic (exact) mass is 598 g/mol. The first-order valence-electron chi connectivity index (χ1n) is 14.2. The van der Waals surface area contributed by atoms with Crippen LogP contribution in [0.1, 0.15) is 50.8 Å². The molecule has 12 heteroatoms. The summed E-state index contributed by atoms with van der Waals surface area (Å²) in [6.45, 7) is 7.83. The molecule has 4 rings (SSSR count). The predicted molar refractivity (Wildman–Crippen MR) is 159 cm³/mol. The molecular formula is C31H42N4O8. The third kappa shape index (κ3) is 5.06. The van der Waals surface area contributed by atoms with Crippen LogP contribution in [0.15, 0.2) is 23.0 Å². The van der Waals surface area contributed by atoms with Crippen LogP contribution in [-0.2, 0) is 32.1 Å². The number of ketones is 2. The fourth-order valence-electron chi connectivity index (χ4n) is 6.92. The van der Waals surface area contributed by atoms with E-state index in [1.165, 1.54) is 11.8 Å². The van der Waals surface area contributed by atoms with Gasteiger partial charge in [-0.25, -0.2) is 0 Å². The number of carbonyl (C=O) groups is 4. The number of hydrogen-bond donors (Lipinski definition) is 5. The van der Waals surface area contributed by atoms with Crippen LogP contribution in [0.3, 0.4) is 0 Å². The lowest BCUT2D eigenvalue weighted by molar-refractivity contribution is -0.153. The van der Waals surface area contributed by atoms with E-state index >= 15 is 0 Å². The maximum absolute atomic E-state index is 14.1. The number of rotatable bonds is 6. The normalized spacial score (nSPS) is 25.4. The van der Waals surface area contributed by atoms with Crippen molar-refractivity contribution in [2.24, 2.45) is 23.0 Å². The Labute approximate surface area is 251 Å². The second-order valence-corrected chi connectivity index (χ2v) is 13.5. The molecule has 3 aliphatic rings. The highest BCUT2D eigenvalue weighted by Gasteiger charge is 2.64. The van der Waals surface area contributed by atoms with Gasteiger partial charge in [-0.2, -0.15) is 0 Å². The number of aliphatic hydroxyl groups excluding tert-OH is 2. The molecule has 0 spiro atoms. The number of nitrogens with zero attached hydrogens (tertiary/aromatic N) is 3. The quantitative estimate of drug-likeness (QED) is 0.300. The van der Waals surface area contributed by atoms with Gasteiger partial charge in [-0.05, 0) is 49.9 Å². The van der Waals surface area contributed by atoms with Crippen molar-refractivity contribution in [3.8, 4) is 5.75 Å². The standard InChI is InChI=1S/C31H42N4O8/c1-14(36)35(13-30(2,3)4)12-16-11-19(33(5)6)17-9-15-10-18-23(34(7)8)26(39)22(29(32)42)28(41)31(18,43)27(40)20(15)25(38)21(17)24(16)37/h11,15,18,23,37-38,41,43H,9-10,12-13H2,1-8H3,(H2,32,42)/t15-,18-,23?,31-/m0/s1. The number of phenols is 1. The number of likely N-dealkylation sites (N-methyl/N-ethyl adjacent to an activating group) is 1. The second-order valence-electron chi connectivity index (χ2n) is 13.5. The summed E-state index contributed by atoms with van der Waals surface area (Å²) in [7, 11) is 6.71. The van der Waals surface area contributed by atoms with Crippen LogP contribution in [0.4, 0.5) is 5.69 Å². The molecule has 0 radical (unpaired) electrons. The topological polar surface area (TPSA) is 185 Å². The van der Waals surface area contributed by atoms with Crippen molar-refractivity contribution in [3.63, 3.8) is 0 Å². The minimum absolute atomic E-state index is 0.00301. The number of primary amides is 1. The molecule has 43 heavy (non-hydrogen) atoms. The van der Waals surface area contributed by atoms with Crippen LogP contribution in [-0.4, -0.2) is 100.0 Å². The largest absolute Gasteiger partial charge is 0.508 e. The number of benzene rings is 1. The highest BCUT2D eigenvalue weighted by Crippen LogP contribution is 2.54. The summed E-state index contributed by atoms with van der Waals surface area (Å²) < 4.78 is 0. The SMILES string of the molecule is CC(=O)N(Cc1cc(N(C)C)c2c(c1O)C(O)=C1C(=O)[C@]3(O)C(O)=C(C(N)=O)C(=O)C(N(C)C)[C@@H]3C[C@@H]1C2)CC(C)(C)C. The van der Waals surface area contributed by atoms with E-state index in [1.54, 1.807) is 39.2 Å². The summed E-state index contributed by atoms with van der Waals surface area (Å²) >= 11 is 0. The van der Waals surface area contributed by atoms with Crippen LogP contribution in [0.2, 0.25) is 0 Å². The highest BCUT2D eigenvalue weighted by atomic mass is 16.3. The summed E-state index contributed by atoms with van der Waals surface area (Å²) in [5, 5.41) is 46.1. The van der Waals surface area contributed by atoms with Crippen molar-refractivity contribution in [1.29, 1.82) is 0 Å². The average Bonchev–Trinajstić information content (AvgIpc) is 2.85. The number of nitrogens with two attached hydrogens (primary N) is 1. The first kappa shape index (κ1) is 32.0. The number of amides is 2. The van der Waals surface area contributed by atoms with Gasteiger partial charge in [0, 0.05) is 56.9 Å². The van der Waals surface area contributed by atoms with E-state index in [0.29, 0.717) is 23.4 Å². The van der Waals surface area contributed by atoms with Gasteiger partial charge in [0.25, 0.3) is 5.91 Å². The molecule has 1 aromatic rings. The molecule has 0 aliphatic heterocycles. The van der Waals surface area contributed by atoms with E-state index in [4.69, 9.17) is 5.73 Å². The molecule has 1 aromatic carbocycles. The second kappa shape index (κ2) is 10.7. The molecule has 1 saturated carbocycles. The third-order valence-electron chi connectivity index (χ3n) is 8.73. The van der Waals surface area contributed by atoms with Crippen LogP contribution in [0.25, 0.3) is 5.76 Å². The number of fused-ring (bicyclic) bond motifs is 3. The fourth-order valence-corrected chi connectivity index (χ4v) is 6.92. The van der Waals surface area contributed by atoms with Crippen molar-refractivity contribution in [2.75, 3.05) is 39.6 Å². The number of aromatic hydroxyl groups is 1. The number of anilines is 1. The van der Waals surface area contributed by atoms with E-state index in [9.17, 15) is 39.6 Å². The summed E-state index contributed by atoms with van der Waals surface area (Å²) in [6, 6.07) is 0.605. The maximum Gasteiger partial charge on any atom is 0.255 e. The van der Waals surface area contributed by atoms with Gasteiger partial charge in [0.2, 0.25) is 11.7 Å². The minimum Gasteiger partial charge on any atom is -0.508 e. The fraction of sp³-hybridized carbons (Fsp3) is 0.548. The van der Waals surface area contributed by atoms with Gasteiger partial charge in [-0.15, -0.1) is 0 Å². The summed E-state index contributed by atoms with van der Waals surface area (Å²) in [4.78, 5) is 57.0. The van der Waals surface area contributed by atoms with Gasteiger partial charge in [0.15, 0.2) is 11.4 Å². The van der Waals surface area contributed by atoms with Crippen molar-refractivity contribution in [3.05, 3.63) is 39.7 Å². The average molecular weight is 599 g/mol. The van der Waals surface area contributed by atoms with Gasteiger partial charge in [0.05, 0.1) is 11.6 Å². The van der Waals surface area contributed by atoms with Crippen LogP contribution < -0.4 is 10.6 Å². The lowest BCUT2D eigenvalue weighted by Gasteiger charge is -2.50. The summed E-state index contributed by atoms with van der Waals surface area (Å²) in [5.74, 6) is -7.19. The maximum atomic E-state index is 14.1. The van der Waals surface area contributed by atoms with Gasteiger partial charge in [0.1, 0.15) is 22.8 Å². The van der Waals surface area contributed by atoms with Gasteiger partial charge in [-0.1, -0.05) is 20.8 Å². The Morgan fingerprint density at radius 1 is 1.09 bits per heavy atom. The molecule has 0 heterocycles. The first-order valence-corrected chi connectivity index (χ1v) is 14.2.